The number of nitrogens with one attached hydrogen (secondary N) is 1. The topological polar surface area (TPSA) is 81.6 Å². The Hall–Kier alpha value is -2.67. The quantitative estimate of drug-likeness (QED) is 0.853. The van der Waals surface area contributed by atoms with Crippen LogP contribution in [0.2, 0.25) is 0 Å². The molecule has 1 spiro atoms. The molecule has 2 aliphatic heterocycles. The summed E-state index contributed by atoms with van der Waals surface area (Å²) < 4.78 is 0. The van der Waals surface area contributed by atoms with E-state index in [2.05, 4.69) is 39.2 Å². The van der Waals surface area contributed by atoms with Gasteiger partial charge in [0.25, 0.3) is 0 Å². The summed E-state index contributed by atoms with van der Waals surface area (Å²) in [6.45, 7) is 7.50. The Morgan fingerprint density at radius 2 is 1.89 bits per heavy atom. The van der Waals surface area contributed by atoms with E-state index in [1.165, 1.54) is 12.5 Å². The largest absolute Gasteiger partial charge is 0.386 e. The lowest BCUT2D eigenvalue weighted by Crippen LogP contribution is -2.60. The van der Waals surface area contributed by atoms with Crippen LogP contribution in [0.3, 0.4) is 0 Å². The number of rotatable bonds is 3. The number of carbonyl (C=O) groups excluding carboxylic acids is 1. The van der Waals surface area contributed by atoms with Gasteiger partial charge in [0.2, 0.25) is 5.91 Å². The molecule has 0 unspecified atom stereocenters. The smallest absolute Gasteiger partial charge is 0.222 e. The molecule has 0 aromatic carbocycles. The van der Waals surface area contributed by atoms with Gasteiger partial charge in [0.15, 0.2) is 0 Å². The minimum atomic E-state index is -0.636. The van der Waals surface area contributed by atoms with Gasteiger partial charge in [-0.15, -0.1) is 0 Å². The average Bonchev–Trinajstić information content (AvgIpc) is 3.29. The van der Waals surface area contributed by atoms with Gasteiger partial charge >= 0.3 is 0 Å². The van der Waals surface area contributed by atoms with Gasteiger partial charge in [-0.3, -0.25) is 4.79 Å². The molecule has 0 bridgehead atoms. The molecule has 1 aliphatic carbocycles. The van der Waals surface area contributed by atoms with Crippen LogP contribution in [0.5, 0.6) is 0 Å². The average molecular weight is 379 g/mol. The fraction of sp³-hybridized carbons (Fsp3) is 0.476. The number of carbonyl (C=O) groups is 1. The van der Waals surface area contributed by atoms with Crippen LogP contribution in [0, 0.1) is 6.92 Å². The van der Waals surface area contributed by atoms with Crippen LogP contribution in [0.15, 0.2) is 24.4 Å². The minimum absolute atomic E-state index is 0.126. The fourth-order valence-electron chi connectivity index (χ4n) is 4.45. The van der Waals surface area contributed by atoms with E-state index < -0.39 is 5.60 Å². The van der Waals surface area contributed by atoms with Crippen LogP contribution in [-0.2, 0) is 10.2 Å². The van der Waals surface area contributed by atoms with Crippen molar-refractivity contribution in [3.8, 4) is 0 Å². The Balaban J connectivity index is 1.52. The van der Waals surface area contributed by atoms with Gasteiger partial charge < -0.3 is 20.2 Å². The highest BCUT2D eigenvalue weighted by molar-refractivity contribution is 5.89. The van der Waals surface area contributed by atoms with Gasteiger partial charge in [0.1, 0.15) is 17.5 Å². The van der Waals surface area contributed by atoms with Crippen molar-refractivity contribution in [2.45, 2.75) is 44.6 Å². The molecule has 4 heterocycles. The van der Waals surface area contributed by atoms with Crippen molar-refractivity contribution in [1.29, 1.82) is 0 Å². The third-order valence-corrected chi connectivity index (χ3v) is 5.97. The molecule has 146 valence electrons. The van der Waals surface area contributed by atoms with Crippen molar-refractivity contribution in [1.82, 2.24) is 9.97 Å². The maximum Gasteiger partial charge on any atom is 0.222 e. The Bertz CT molecular complexity index is 975. The molecule has 2 N–H and O–H groups in total. The molecule has 5 rings (SSSR count). The highest BCUT2D eigenvalue weighted by atomic mass is 16.3. The molecule has 7 nitrogen and oxygen atoms in total. The first-order chi connectivity index (χ1) is 13.2. The molecule has 28 heavy (non-hydrogen) atoms. The van der Waals surface area contributed by atoms with E-state index in [0.717, 1.165) is 42.3 Å². The fourth-order valence-corrected chi connectivity index (χ4v) is 4.45. The van der Waals surface area contributed by atoms with E-state index in [0.29, 0.717) is 18.9 Å². The standard InChI is InChI=1S/C21H25N5O2/c1-13-6-18(25-10-20(3,28)11-25)24-19(7-13)26-12-21(4-5-21)15-9-22-17(8-16(15)26)23-14(2)27/h6-9,28H,4-5,10-12H2,1-3H3,(H,22,23,27). The van der Waals surface area contributed by atoms with E-state index in [9.17, 15) is 9.90 Å². The second-order valence-electron chi connectivity index (χ2n) is 8.85. The Morgan fingerprint density at radius 1 is 1.18 bits per heavy atom. The number of nitrogens with zero attached hydrogens (tertiary/aromatic N) is 4. The molecule has 2 aromatic rings. The number of aliphatic hydroxyl groups is 1. The van der Waals surface area contributed by atoms with E-state index in [-0.39, 0.29) is 11.3 Å². The molecule has 3 aliphatic rings. The van der Waals surface area contributed by atoms with E-state index in [4.69, 9.17) is 4.98 Å². The predicted molar refractivity (Wildman–Crippen MR) is 108 cm³/mol. The highest BCUT2D eigenvalue weighted by Gasteiger charge is 2.52. The second-order valence-corrected chi connectivity index (χ2v) is 8.85. The van der Waals surface area contributed by atoms with Gasteiger partial charge in [-0.25, -0.2) is 9.97 Å². The number of hydrogen-bond acceptors (Lipinski definition) is 6. The minimum Gasteiger partial charge on any atom is -0.386 e. The summed E-state index contributed by atoms with van der Waals surface area (Å²) in [6, 6.07) is 6.13. The lowest BCUT2D eigenvalue weighted by atomic mass is 9.97. The summed E-state index contributed by atoms with van der Waals surface area (Å²) in [4.78, 5) is 25.2. The van der Waals surface area contributed by atoms with Crippen molar-refractivity contribution < 1.29 is 9.90 Å². The number of fused-ring (bicyclic) bond motifs is 2. The van der Waals surface area contributed by atoms with Gasteiger partial charge in [0.05, 0.1) is 11.3 Å². The lowest BCUT2D eigenvalue weighted by Gasteiger charge is -2.45. The summed E-state index contributed by atoms with van der Waals surface area (Å²) in [5.74, 6) is 2.25. The first-order valence-corrected chi connectivity index (χ1v) is 9.76. The van der Waals surface area contributed by atoms with Crippen LogP contribution >= 0.6 is 0 Å². The van der Waals surface area contributed by atoms with E-state index >= 15 is 0 Å². The third-order valence-electron chi connectivity index (χ3n) is 5.97. The van der Waals surface area contributed by atoms with Crippen LogP contribution < -0.4 is 15.1 Å². The van der Waals surface area contributed by atoms with Gasteiger partial charge in [-0.1, -0.05) is 0 Å². The number of anilines is 4. The first-order valence-electron chi connectivity index (χ1n) is 9.76. The maximum atomic E-state index is 11.5. The van der Waals surface area contributed by atoms with Crippen LogP contribution in [0.25, 0.3) is 0 Å². The summed E-state index contributed by atoms with van der Waals surface area (Å²) >= 11 is 0. The number of β-amino-alcohol motifs (C(OH)–C–C–N with tert-alkyl or cyclic N) is 1. The number of aromatic nitrogens is 2. The number of hydrogen-bond donors (Lipinski definition) is 2. The Morgan fingerprint density at radius 3 is 2.54 bits per heavy atom. The summed E-state index contributed by atoms with van der Waals surface area (Å²) in [7, 11) is 0. The molecule has 7 heteroatoms. The molecule has 1 saturated heterocycles. The zero-order valence-corrected chi connectivity index (χ0v) is 16.5. The maximum absolute atomic E-state index is 11.5. The van der Waals surface area contributed by atoms with Crippen molar-refractivity contribution in [2.75, 3.05) is 34.8 Å². The summed E-state index contributed by atoms with van der Waals surface area (Å²) in [6.07, 6.45) is 4.23. The monoisotopic (exact) mass is 379 g/mol. The number of amides is 1. The lowest BCUT2D eigenvalue weighted by molar-refractivity contribution is -0.114. The van der Waals surface area contributed by atoms with Crippen LogP contribution in [0.1, 0.15) is 37.8 Å². The zero-order chi connectivity index (χ0) is 19.7. The second kappa shape index (κ2) is 5.67. The van der Waals surface area contributed by atoms with Gasteiger partial charge in [-0.2, -0.15) is 0 Å². The van der Waals surface area contributed by atoms with Crippen molar-refractivity contribution >= 4 is 29.0 Å². The molecular formula is C21H25N5O2. The molecule has 2 fully saturated rings. The molecule has 0 atom stereocenters. The van der Waals surface area contributed by atoms with Crippen LogP contribution in [0.4, 0.5) is 23.1 Å². The molecule has 2 aromatic heterocycles. The molecule has 0 radical (unpaired) electrons. The van der Waals surface area contributed by atoms with Crippen LogP contribution in [-0.4, -0.2) is 46.2 Å². The third kappa shape index (κ3) is 2.81. The summed E-state index contributed by atoms with van der Waals surface area (Å²) in [5.41, 5.74) is 3.00. The molecular weight excluding hydrogens is 354 g/mol. The van der Waals surface area contributed by atoms with Crippen molar-refractivity contribution in [2.24, 2.45) is 0 Å². The molecule has 1 amide bonds. The zero-order valence-electron chi connectivity index (χ0n) is 16.5. The predicted octanol–water partition coefficient (Wildman–Crippen LogP) is 2.50. The number of aryl methyl sites for hydroxylation is 1. The molecule has 1 saturated carbocycles. The van der Waals surface area contributed by atoms with Gasteiger partial charge in [-0.05, 0) is 44.4 Å². The Labute approximate surface area is 164 Å². The van der Waals surface area contributed by atoms with E-state index in [1.54, 1.807) is 0 Å². The summed E-state index contributed by atoms with van der Waals surface area (Å²) in [5, 5.41) is 12.9. The normalized spacial score (nSPS) is 20.7. The number of pyridine rings is 2. The van der Waals surface area contributed by atoms with Crippen molar-refractivity contribution in [3.63, 3.8) is 0 Å². The van der Waals surface area contributed by atoms with Gasteiger partial charge in [0, 0.05) is 49.8 Å². The first kappa shape index (κ1) is 17.4. The van der Waals surface area contributed by atoms with E-state index in [1.807, 2.05) is 19.2 Å². The SMILES string of the molecule is CC(=O)Nc1cc2c(cn1)C1(CC1)CN2c1cc(C)cc(N2CC(C)(O)C2)n1. The highest BCUT2D eigenvalue weighted by Crippen LogP contribution is 2.58. The Kier molecular flexibility index (Phi) is 3.53. The van der Waals surface area contributed by atoms with Crippen molar-refractivity contribution in [3.05, 3.63) is 35.5 Å².